The van der Waals surface area contributed by atoms with E-state index in [4.69, 9.17) is 9.15 Å². The van der Waals surface area contributed by atoms with Crippen LogP contribution in [0.2, 0.25) is 0 Å². The molecule has 1 atom stereocenters. The van der Waals surface area contributed by atoms with Gasteiger partial charge in [-0.05, 0) is 25.0 Å². The van der Waals surface area contributed by atoms with Gasteiger partial charge in [0.2, 0.25) is 5.89 Å². The number of likely N-dealkylation sites (tertiary alicyclic amines) is 1. The number of benzene rings is 1. The zero-order chi connectivity index (χ0) is 16.1. The Morgan fingerprint density at radius 3 is 3.04 bits per heavy atom. The number of hydrogen-bond acceptors (Lipinski definition) is 4. The van der Waals surface area contributed by atoms with E-state index in [-0.39, 0.29) is 12.1 Å². The lowest BCUT2D eigenvalue weighted by Gasteiger charge is -2.31. The Hall–Kier alpha value is -2.34. The molecule has 0 saturated carbocycles. The van der Waals surface area contributed by atoms with Crippen molar-refractivity contribution >= 4 is 6.03 Å². The fourth-order valence-electron chi connectivity index (χ4n) is 2.69. The lowest BCUT2D eigenvalue weighted by Crippen LogP contribution is -2.47. The summed E-state index contributed by atoms with van der Waals surface area (Å²) < 4.78 is 10.8. The van der Waals surface area contributed by atoms with Crippen LogP contribution in [0.15, 0.2) is 41.0 Å². The molecular weight excluding hydrogens is 294 g/mol. The van der Waals surface area contributed by atoms with Crippen LogP contribution in [0, 0.1) is 0 Å². The highest BCUT2D eigenvalue weighted by Gasteiger charge is 2.23. The lowest BCUT2D eigenvalue weighted by molar-refractivity contribution is 0.0434. The minimum atomic E-state index is -0.0870. The Labute approximate surface area is 135 Å². The van der Waals surface area contributed by atoms with Crippen molar-refractivity contribution < 1.29 is 13.9 Å². The van der Waals surface area contributed by atoms with Crippen LogP contribution in [-0.4, -0.2) is 42.2 Å². The Kier molecular flexibility index (Phi) is 4.92. The summed E-state index contributed by atoms with van der Waals surface area (Å²) in [6, 6.07) is 9.60. The fraction of sp³-hybridized carbons (Fsp3) is 0.412. The molecule has 3 rings (SSSR count). The van der Waals surface area contributed by atoms with Crippen molar-refractivity contribution in [3.05, 3.63) is 42.3 Å². The van der Waals surface area contributed by atoms with Gasteiger partial charge in [0.15, 0.2) is 0 Å². The molecule has 6 nitrogen and oxygen atoms in total. The molecule has 1 aliphatic heterocycles. The SMILES string of the molecule is COC1CCCN(C(=O)NCc2coc(-c3ccccc3)n2)C1. The molecule has 0 spiro atoms. The first-order valence-corrected chi connectivity index (χ1v) is 7.81. The van der Waals surface area contributed by atoms with E-state index in [9.17, 15) is 4.79 Å². The van der Waals surface area contributed by atoms with E-state index in [2.05, 4.69) is 10.3 Å². The molecule has 2 heterocycles. The molecule has 0 aliphatic carbocycles. The van der Waals surface area contributed by atoms with Crippen LogP contribution >= 0.6 is 0 Å². The van der Waals surface area contributed by atoms with Gasteiger partial charge in [-0.2, -0.15) is 0 Å². The summed E-state index contributed by atoms with van der Waals surface area (Å²) in [6.07, 6.45) is 3.68. The van der Waals surface area contributed by atoms with Crippen LogP contribution in [-0.2, 0) is 11.3 Å². The number of oxazole rings is 1. The second-order valence-electron chi connectivity index (χ2n) is 5.61. The molecule has 2 amide bonds. The molecule has 0 bridgehead atoms. The van der Waals surface area contributed by atoms with Crippen molar-refractivity contribution in [3.8, 4) is 11.5 Å². The maximum atomic E-state index is 12.2. The smallest absolute Gasteiger partial charge is 0.317 e. The molecule has 0 radical (unpaired) electrons. The number of carbonyl (C=O) groups is 1. The summed E-state index contributed by atoms with van der Waals surface area (Å²) >= 11 is 0. The van der Waals surface area contributed by atoms with Gasteiger partial charge in [0, 0.05) is 25.8 Å². The summed E-state index contributed by atoms with van der Waals surface area (Å²) in [6.45, 7) is 1.75. The molecule has 1 N–H and O–H groups in total. The number of aromatic nitrogens is 1. The number of rotatable bonds is 4. The third-order valence-electron chi connectivity index (χ3n) is 3.99. The van der Waals surface area contributed by atoms with Gasteiger partial charge in [0.1, 0.15) is 6.26 Å². The summed E-state index contributed by atoms with van der Waals surface area (Å²) in [5, 5.41) is 2.89. The van der Waals surface area contributed by atoms with Gasteiger partial charge < -0.3 is 19.4 Å². The highest BCUT2D eigenvalue weighted by Crippen LogP contribution is 2.18. The van der Waals surface area contributed by atoms with Crippen molar-refractivity contribution in [2.45, 2.75) is 25.5 Å². The zero-order valence-corrected chi connectivity index (χ0v) is 13.2. The molecule has 1 aliphatic rings. The predicted octanol–water partition coefficient (Wildman–Crippen LogP) is 2.66. The number of nitrogens with one attached hydrogen (secondary N) is 1. The molecule has 2 aromatic rings. The van der Waals surface area contributed by atoms with Crippen molar-refractivity contribution in [3.63, 3.8) is 0 Å². The van der Waals surface area contributed by atoms with E-state index in [1.807, 2.05) is 30.3 Å². The Morgan fingerprint density at radius 1 is 1.43 bits per heavy atom. The van der Waals surface area contributed by atoms with Crippen LogP contribution in [0.5, 0.6) is 0 Å². The van der Waals surface area contributed by atoms with E-state index in [1.54, 1.807) is 18.3 Å². The summed E-state index contributed by atoms with van der Waals surface area (Å²) in [5.41, 5.74) is 1.63. The number of hydrogen-bond donors (Lipinski definition) is 1. The van der Waals surface area contributed by atoms with E-state index < -0.39 is 0 Å². The number of carbonyl (C=O) groups excluding carboxylic acids is 1. The fourth-order valence-corrected chi connectivity index (χ4v) is 2.69. The first-order chi connectivity index (χ1) is 11.3. The number of piperidine rings is 1. The second-order valence-corrected chi connectivity index (χ2v) is 5.61. The van der Waals surface area contributed by atoms with E-state index in [1.165, 1.54) is 0 Å². The third-order valence-corrected chi connectivity index (χ3v) is 3.99. The standard InChI is InChI=1S/C17H21N3O3/c1-22-15-8-5-9-20(11-15)17(21)18-10-14-12-23-16(19-14)13-6-3-2-4-7-13/h2-4,6-7,12,15H,5,8-11H2,1H3,(H,18,21). The molecule has 1 unspecified atom stereocenters. The van der Waals surface area contributed by atoms with Gasteiger partial charge in [-0.15, -0.1) is 0 Å². The monoisotopic (exact) mass is 315 g/mol. The molecule has 1 aromatic heterocycles. The maximum Gasteiger partial charge on any atom is 0.317 e. The van der Waals surface area contributed by atoms with Crippen molar-refractivity contribution in [1.82, 2.24) is 15.2 Å². The summed E-state index contributed by atoms with van der Waals surface area (Å²) in [4.78, 5) is 18.4. The van der Waals surface area contributed by atoms with Gasteiger partial charge in [-0.25, -0.2) is 9.78 Å². The first-order valence-electron chi connectivity index (χ1n) is 7.81. The zero-order valence-electron chi connectivity index (χ0n) is 13.2. The van der Waals surface area contributed by atoms with Gasteiger partial charge in [-0.1, -0.05) is 18.2 Å². The third kappa shape index (κ3) is 3.90. The lowest BCUT2D eigenvalue weighted by atomic mass is 10.1. The highest BCUT2D eigenvalue weighted by atomic mass is 16.5. The van der Waals surface area contributed by atoms with Gasteiger partial charge in [-0.3, -0.25) is 0 Å². The van der Waals surface area contributed by atoms with Crippen molar-refractivity contribution in [2.75, 3.05) is 20.2 Å². The minimum Gasteiger partial charge on any atom is -0.444 e. The number of urea groups is 1. The van der Waals surface area contributed by atoms with Crippen molar-refractivity contribution in [1.29, 1.82) is 0 Å². The van der Waals surface area contributed by atoms with Crippen LogP contribution < -0.4 is 5.32 Å². The number of amides is 2. The largest absolute Gasteiger partial charge is 0.444 e. The Balaban J connectivity index is 1.54. The number of methoxy groups -OCH3 is 1. The van der Waals surface area contributed by atoms with E-state index in [0.29, 0.717) is 24.7 Å². The molecule has 1 saturated heterocycles. The normalized spacial score (nSPS) is 18.0. The number of nitrogens with zero attached hydrogens (tertiary/aromatic N) is 2. The van der Waals surface area contributed by atoms with Crippen LogP contribution in [0.1, 0.15) is 18.5 Å². The maximum absolute atomic E-state index is 12.2. The van der Waals surface area contributed by atoms with Gasteiger partial charge in [0.05, 0.1) is 18.3 Å². The Bertz CT molecular complexity index is 642. The topological polar surface area (TPSA) is 67.6 Å². The molecule has 1 fully saturated rings. The Morgan fingerprint density at radius 2 is 2.26 bits per heavy atom. The van der Waals surface area contributed by atoms with Crippen LogP contribution in [0.4, 0.5) is 4.79 Å². The first kappa shape index (κ1) is 15.6. The molecule has 23 heavy (non-hydrogen) atoms. The van der Waals surface area contributed by atoms with E-state index in [0.717, 1.165) is 24.9 Å². The van der Waals surface area contributed by atoms with Crippen LogP contribution in [0.25, 0.3) is 11.5 Å². The van der Waals surface area contributed by atoms with Crippen LogP contribution in [0.3, 0.4) is 0 Å². The number of ether oxygens (including phenoxy) is 1. The van der Waals surface area contributed by atoms with E-state index >= 15 is 0 Å². The van der Waals surface area contributed by atoms with Gasteiger partial charge in [0.25, 0.3) is 0 Å². The average Bonchev–Trinajstić information content (AvgIpc) is 3.09. The average molecular weight is 315 g/mol. The van der Waals surface area contributed by atoms with Gasteiger partial charge >= 0.3 is 6.03 Å². The predicted molar refractivity (Wildman–Crippen MR) is 85.8 cm³/mol. The molecule has 1 aromatic carbocycles. The molecule has 6 heteroatoms. The quantitative estimate of drug-likeness (QED) is 0.942. The summed E-state index contributed by atoms with van der Waals surface area (Å²) in [7, 11) is 1.69. The summed E-state index contributed by atoms with van der Waals surface area (Å²) in [5.74, 6) is 0.562. The second kappa shape index (κ2) is 7.28. The molecule has 122 valence electrons. The highest BCUT2D eigenvalue weighted by molar-refractivity contribution is 5.74. The minimum absolute atomic E-state index is 0.0870. The molecular formula is C17H21N3O3. The van der Waals surface area contributed by atoms with Crippen molar-refractivity contribution in [2.24, 2.45) is 0 Å².